The second-order valence-electron chi connectivity index (χ2n) is 7.36. The molecule has 0 spiro atoms. The van der Waals surface area contributed by atoms with E-state index in [0.717, 1.165) is 18.4 Å². The van der Waals surface area contributed by atoms with Gasteiger partial charge in [-0.3, -0.25) is 9.78 Å². The molecule has 2 aromatic heterocycles. The summed E-state index contributed by atoms with van der Waals surface area (Å²) in [6.45, 7) is 1.44. The minimum atomic E-state index is -4.61. The number of nitrogens with zero attached hydrogens (tertiary/aromatic N) is 2. The molecule has 2 heterocycles. The summed E-state index contributed by atoms with van der Waals surface area (Å²) in [7, 11) is -3.84. The second kappa shape index (κ2) is 6.92. The predicted molar refractivity (Wildman–Crippen MR) is 105 cm³/mol. The van der Waals surface area contributed by atoms with Crippen molar-refractivity contribution in [2.24, 2.45) is 0 Å². The number of aromatic nitrogens is 1. The molecule has 10 heteroatoms. The number of hydrogen-bond acceptors (Lipinski definition) is 6. The summed E-state index contributed by atoms with van der Waals surface area (Å²) >= 11 is 0. The third kappa shape index (κ3) is 3.49. The van der Waals surface area contributed by atoms with E-state index in [-0.39, 0.29) is 32.9 Å². The lowest BCUT2D eigenvalue weighted by Gasteiger charge is -2.13. The van der Waals surface area contributed by atoms with E-state index < -0.39 is 32.4 Å². The van der Waals surface area contributed by atoms with Gasteiger partial charge in [-0.2, -0.15) is 18.4 Å². The van der Waals surface area contributed by atoms with Crippen LogP contribution in [0.4, 0.5) is 13.2 Å². The molecule has 0 atom stereocenters. The first-order valence-corrected chi connectivity index (χ1v) is 11.0. The maximum atomic E-state index is 13.0. The zero-order valence-electron chi connectivity index (χ0n) is 16.2. The number of hydrogen-bond donors (Lipinski definition) is 0. The van der Waals surface area contributed by atoms with Gasteiger partial charge >= 0.3 is 6.18 Å². The highest BCUT2D eigenvalue weighted by Crippen LogP contribution is 2.48. The molecular formula is C21H15F3N2O4S. The van der Waals surface area contributed by atoms with Crippen molar-refractivity contribution in [3.8, 4) is 17.3 Å². The fourth-order valence-corrected chi connectivity index (χ4v) is 4.43. The fourth-order valence-electron chi connectivity index (χ4n) is 3.36. The molecule has 0 N–H and O–H groups in total. The van der Waals surface area contributed by atoms with Crippen LogP contribution in [0.5, 0.6) is 0 Å². The van der Waals surface area contributed by atoms with Gasteiger partial charge in [-0.1, -0.05) is 6.92 Å². The lowest BCUT2D eigenvalue weighted by Crippen LogP contribution is -2.14. The Hall–Kier alpha value is -3.19. The number of alkyl halides is 3. The van der Waals surface area contributed by atoms with Crippen molar-refractivity contribution >= 4 is 20.8 Å². The van der Waals surface area contributed by atoms with Crippen molar-refractivity contribution in [3.05, 3.63) is 58.1 Å². The first-order chi connectivity index (χ1) is 14.5. The van der Waals surface area contributed by atoms with E-state index in [0.29, 0.717) is 24.5 Å². The SMILES string of the molecule is CCS(=O)(=O)c1cc(C2(C#N)CC2)cnc1-c1coc2cc(C(F)(F)F)ccc2c1=O. The van der Waals surface area contributed by atoms with Gasteiger partial charge in [0.2, 0.25) is 5.43 Å². The summed E-state index contributed by atoms with van der Waals surface area (Å²) in [5.74, 6) is -0.265. The van der Waals surface area contributed by atoms with Crippen molar-refractivity contribution in [2.45, 2.75) is 36.3 Å². The highest BCUT2D eigenvalue weighted by Gasteiger charge is 2.46. The van der Waals surface area contributed by atoms with Crippen molar-refractivity contribution < 1.29 is 26.0 Å². The Morgan fingerprint density at radius 1 is 1.26 bits per heavy atom. The molecule has 4 rings (SSSR count). The maximum Gasteiger partial charge on any atom is 0.416 e. The topological polar surface area (TPSA) is 101 Å². The molecular weight excluding hydrogens is 433 g/mol. The minimum Gasteiger partial charge on any atom is -0.463 e. The van der Waals surface area contributed by atoms with Gasteiger partial charge < -0.3 is 4.42 Å². The summed E-state index contributed by atoms with van der Waals surface area (Å²) in [5.41, 5.74) is -2.64. The molecule has 0 amide bonds. The van der Waals surface area contributed by atoms with Gasteiger partial charge in [0.1, 0.15) is 11.8 Å². The molecule has 1 aliphatic carbocycles. The Morgan fingerprint density at radius 3 is 2.55 bits per heavy atom. The number of rotatable bonds is 4. The van der Waals surface area contributed by atoms with Crippen LogP contribution >= 0.6 is 0 Å². The highest BCUT2D eigenvalue weighted by molar-refractivity contribution is 7.91. The zero-order chi connectivity index (χ0) is 22.6. The molecule has 0 unspecified atom stereocenters. The van der Waals surface area contributed by atoms with E-state index in [1.165, 1.54) is 19.2 Å². The molecule has 160 valence electrons. The van der Waals surface area contributed by atoms with Crippen LogP contribution in [0.3, 0.4) is 0 Å². The molecule has 1 aromatic carbocycles. The van der Waals surface area contributed by atoms with Gasteiger partial charge in [-0.05, 0) is 42.7 Å². The quantitative estimate of drug-likeness (QED) is 0.592. The Labute approximate surface area is 174 Å². The van der Waals surface area contributed by atoms with E-state index in [4.69, 9.17) is 4.42 Å². The third-order valence-electron chi connectivity index (χ3n) is 5.44. The van der Waals surface area contributed by atoms with Crippen LogP contribution in [-0.4, -0.2) is 19.2 Å². The van der Waals surface area contributed by atoms with Crippen molar-refractivity contribution in [1.29, 1.82) is 5.26 Å². The van der Waals surface area contributed by atoms with E-state index in [1.54, 1.807) is 0 Å². The first kappa shape index (κ1) is 21.1. The summed E-state index contributed by atoms with van der Waals surface area (Å²) in [6, 6.07) is 5.99. The average Bonchev–Trinajstić information content (AvgIpc) is 3.54. The molecule has 6 nitrogen and oxygen atoms in total. The van der Waals surface area contributed by atoms with Crippen molar-refractivity contribution in [1.82, 2.24) is 4.98 Å². The van der Waals surface area contributed by atoms with E-state index >= 15 is 0 Å². The Morgan fingerprint density at radius 2 is 1.97 bits per heavy atom. The van der Waals surface area contributed by atoms with Crippen LogP contribution in [0.15, 0.2) is 50.8 Å². The van der Waals surface area contributed by atoms with E-state index in [9.17, 15) is 31.6 Å². The number of benzene rings is 1. The molecule has 0 bridgehead atoms. The standard InChI is InChI=1S/C21H15F3N2O4S/c1-2-31(28,29)17-8-13(20(11-25)5-6-20)9-26-18(17)15-10-30-16-7-12(21(22,23)24)3-4-14(16)19(15)27/h3-4,7-10H,2,5-6H2,1H3. The molecule has 1 saturated carbocycles. The van der Waals surface area contributed by atoms with E-state index in [2.05, 4.69) is 11.1 Å². The number of fused-ring (bicyclic) bond motifs is 1. The van der Waals surface area contributed by atoms with Crippen molar-refractivity contribution in [3.63, 3.8) is 0 Å². The van der Waals surface area contributed by atoms with Gasteiger partial charge in [-0.15, -0.1) is 0 Å². The Balaban J connectivity index is 1.94. The van der Waals surface area contributed by atoms with Gasteiger partial charge in [0.25, 0.3) is 0 Å². The van der Waals surface area contributed by atoms with Crippen LogP contribution in [0.1, 0.15) is 30.9 Å². The predicted octanol–water partition coefficient (Wildman–Crippen LogP) is 4.22. The lowest BCUT2D eigenvalue weighted by molar-refractivity contribution is -0.137. The smallest absolute Gasteiger partial charge is 0.416 e. The summed E-state index contributed by atoms with van der Waals surface area (Å²) in [4.78, 5) is 16.9. The minimum absolute atomic E-state index is 0.132. The van der Waals surface area contributed by atoms with Crippen LogP contribution < -0.4 is 5.43 Å². The molecule has 3 aromatic rings. The average molecular weight is 448 g/mol. The van der Waals surface area contributed by atoms with Gasteiger partial charge in [0, 0.05) is 6.20 Å². The highest BCUT2D eigenvalue weighted by atomic mass is 32.2. The van der Waals surface area contributed by atoms with Gasteiger partial charge in [-0.25, -0.2) is 8.42 Å². The molecule has 1 aliphatic rings. The summed E-state index contributed by atoms with van der Waals surface area (Å²) in [6.07, 6.45) is -1.18. The van der Waals surface area contributed by atoms with Gasteiger partial charge in [0.15, 0.2) is 9.84 Å². The Kier molecular flexibility index (Phi) is 4.70. The molecule has 0 radical (unpaired) electrons. The van der Waals surface area contributed by atoms with E-state index in [1.807, 2.05) is 0 Å². The molecule has 0 aliphatic heterocycles. The van der Waals surface area contributed by atoms with Crippen LogP contribution in [0, 0.1) is 11.3 Å². The number of sulfone groups is 1. The third-order valence-corrected chi connectivity index (χ3v) is 7.18. The number of pyridine rings is 1. The van der Waals surface area contributed by atoms with Crippen LogP contribution in [0.2, 0.25) is 0 Å². The number of halogens is 3. The molecule has 31 heavy (non-hydrogen) atoms. The van der Waals surface area contributed by atoms with Crippen molar-refractivity contribution in [2.75, 3.05) is 5.75 Å². The Bertz CT molecular complexity index is 1420. The molecule has 0 saturated heterocycles. The zero-order valence-corrected chi connectivity index (χ0v) is 17.0. The second-order valence-corrected chi connectivity index (χ2v) is 9.60. The van der Waals surface area contributed by atoms with Crippen LogP contribution in [0.25, 0.3) is 22.2 Å². The largest absolute Gasteiger partial charge is 0.463 e. The first-order valence-electron chi connectivity index (χ1n) is 9.30. The summed E-state index contributed by atoms with van der Waals surface area (Å²) in [5, 5.41) is 9.28. The summed E-state index contributed by atoms with van der Waals surface area (Å²) < 4.78 is 69.5. The lowest BCUT2D eigenvalue weighted by atomic mass is 9.99. The number of nitriles is 1. The fraction of sp³-hybridized carbons (Fsp3) is 0.286. The monoisotopic (exact) mass is 448 g/mol. The normalized spacial score (nSPS) is 15.6. The maximum absolute atomic E-state index is 13.0. The van der Waals surface area contributed by atoms with Crippen LogP contribution in [-0.2, 0) is 21.4 Å². The van der Waals surface area contributed by atoms with Gasteiger partial charge in [0.05, 0.1) is 44.3 Å². The molecule has 1 fully saturated rings.